The summed E-state index contributed by atoms with van der Waals surface area (Å²) in [5, 5.41) is 11.4. The first-order valence-corrected chi connectivity index (χ1v) is 12.0. The average Bonchev–Trinajstić information content (AvgIpc) is 2.83. The van der Waals surface area contributed by atoms with Crippen LogP contribution >= 0.6 is 23.4 Å². The molecule has 0 unspecified atom stereocenters. The van der Waals surface area contributed by atoms with Crippen LogP contribution in [0.4, 0.5) is 0 Å². The van der Waals surface area contributed by atoms with Crippen LogP contribution < -0.4 is 4.74 Å². The van der Waals surface area contributed by atoms with Gasteiger partial charge < -0.3 is 9.84 Å². The molecule has 0 atom stereocenters. The van der Waals surface area contributed by atoms with Crippen LogP contribution in [0.15, 0.2) is 59.8 Å². The predicted molar refractivity (Wildman–Crippen MR) is 131 cm³/mol. The Morgan fingerprint density at radius 2 is 1.82 bits per heavy atom. The van der Waals surface area contributed by atoms with Gasteiger partial charge in [0.2, 0.25) is 5.88 Å². The molecule has 0 saturated heterocycles. The zero-order valence-corrected chi connectivity index (χ0v) is 19.9. The minimum absolute atomic E-state index is 0.0935. The second kappa shape index (κ2) is 9.14. The number of ether oxygens (including phenoxy) is 1. The number of hydrogen-bond donors (Lipinski definition) is 1. The third kappa shape index (κ3) is 4.34. The number of nitrogens with zero attached hydrogens (tertiary/aromatic N) is 3. The number of fused-ring (bicyclic) bond motifs is 2. The van der Waals surface area contributed by atoms with E-state index in [1.54, 1.807) is 18.0 Å². The molecule has 0 radical (unpaired) electrons. The standard InChI is InChI=1S/C26H22ClN3O2S/c1-15-5-3-4-6-20(15)24-29-25-22(11-21-18(13-31)12-28-16(2)23(21)32-25)26(30-24)33-14-17-7-9-19(27)10-8-17/h3-10,12,31H,11,13-14H2,1-2H3. The number of aliphatic hydroxyl groups excluding tert-OH is 1. The molecule has 3 heterocycles. The molecule has 2 aromatic heterocycles. The van der Waals surface area contributed by atoms with Crippen molar-refractivity contribution in [2.75, 3.05) is 0 Å². The highest BCUT2D eigenvalue weighted by Crippen LogP contribution is 2.43. The van der Waals surface area contributed by atoms with E-state index in [0.717, 1.165) is 54.9 Å². The normalized spacial score (nSPS) is 12.1. The summed E-state index contributed by atoms with van der Waals surface area (Å²) in [5.74, 6) is 2.60. The summed E-state index contributed by atoms with van der Waals surface area (Å²) in [7, 11) is 0. The van der Waals surface area contributed by atoms with Crippen molar-refractivity contribution in [3.8, 4) is 23.0 Å². The van der Waals surface area contributed by atoms with Gasteiger partial charge in [-0.05, 0) is 37.1 Å². The molecular formula is C26H22ClN3O2S. The van der Waals surface area contributed by atoms with E-state index in [0.29, 0.717) is 23.9 Å². The molecule has 2 aromatic carbocycles. The second-order valence-corrected chi connectivity index (χ2v) is 9.38. The van der Waals surface area contributed by atoms with Crippen LogP contribution in [0.1, 0.15) is 33.5 Å². The van der Waals surface area contributed by atoms with E-state index in [1.807, 2.05) is 49.4 Å². The minimum atomic E-state index is -0.0935. The van der Waals surface area contributed by atoms with E-state index in [4.69, 9.17) is 26.3 Å². The zero-order chi connectivity index (χ0) is 22.9. The van der Waals surface area contributed by atoms with Crippen molar-refractivity contribution in [2.45, 2.75) is 37.7 Å². The molecule has 0 spiro atoms. The number of aryl methyl sites for hydroxylation is 2. The number of halogens is 1. The molecule has 0 fully saturated rings. The smallest absolute Gasteiger partial charge is 0.227 e. The maximum atomic E-state index is 9.86. The van der Waals surface area contributed by atoms with E-state index in [-0.39, 0.29) is 6.61 Å². The largest absolute Gasteiger partial charge is 0.436 e. The molecule has 5 rings (SSSR count). The Bertz CT molecular complexity index is 1340. The lowest BCUT2D eigenvalue weighted by Gasteiger charge is -2.24. The van der Waals surface area contributed by atoms with E-state index in [9.17, 15) is 5.11 Å². The summed E-state index contributed by atoms with van der Waals surface area (Å²) in [6, 6.07) is 15.9. The van der Waals surface area contributed by atoms with Crippen LogP contribution in [0.2, 0.25) is 5.02 Å². The second-order valence-electron chi connectivity index (χ2n) is 7.98. The Morgan fingerprint density at radius 1 is 1.03 bits per heavy atom. The summed E-state index contributed by atoms with van der Waals surface area (Å²) in [6.07, 6.45) is 2.30. The number of pyridine rings is 1. The van der Waals surface area contributed by atoms with Crippen LogP contribution in [0.3, 0.4) is 0 Å². The first-order chi connectivity index (χ1) is 16.0. The molecule has 166 valence electrons. The lowest BCUT2D eigenvalue weighted by Crippen LogP contribution is -2.13. The molecule has 0 saturated carbocycles. The summed E-state index contributed by atoms with van der Waals surface area (Å²) in [4.78, 5) is 14.2. The summed E-state index contributed by atoms with van der Waals surface area (Å²) < 4.78 is 6.31. The number of thioether (sulfide) groups is 1. The fourth-order valence-electron chi connectivity index (χ4n) is 3.89. The quantitative estimate of drug-likeness (QED) is 0.238. The highest BCUT2D eigenvalue weighted by Gasteiger charge is 2.28. The van der Waals surface area contributed by atoms with E-state index in [2.05, 4.69) is 18.0 Å². The topological polar surface area (TPSA) is 68.1 Å². The van der Waals surface area contributed by atoms with E-state index < -0.39 is 0 Å². The Kier molecular flexibility index (Phi) is 6.06. The first-order valence-electron chi connectivity index (χ1n) is 10.6. The Labute approximate surface area is 201 Å². The molecule has 0 amide bonds. The van der Waals surface area contributed by atoms with Crippen molar-refractivity contribution in [2.24, 2.45) is 0 Å². The average molecular weight is 476 g/mol. The monoisotopic (exact) mass is 475 g/mol. The van der Waals surface area contributed by atoms with Crippen LogP contribution in [-0.2, 0) is 18.8 Å². The molecule has 7 heteroatoms. The molecule has 1 aliphatic heterocycles. The molecule has 1 aliphatic rings. The number of rotatable bonds is 5. The Morgan fingerprint density at radius 3 is 2.58 bits per heavy atom. The van der Waals surface area contributed by atoms with Gasteiger partial charge in [-0.3, -0.25) is 4.98 Å². The van der Waals surface area contributed by atoms with Crippen molar-refractivity contribution < 1.29 is 9.84 Å². The predicted octanol–water partition coefficient (Wildman–Crippen LogP) is 6.29. The van der Waals surface area contributed by atoms with Crippen molar-refractivity contribution in [1.82, 2.24) is 15.0 Å². The fraction of sp³-hybridized carbons (Fsp3) is 0.192. The molecule has 4 aromatic rings. The maximum Gasteiger partial charge on any atom is 0.227 e. The van der Waals surface area contributed by atoms with Gasteiger partial charge in [-0.25, -0.2) is 4.98 Å². The van der Waals surface area contributed by atoms with Crippen LogP contribution in [0.5, 0.6) is 11.6 Å². The number of hydrogen-bond acceptors (Lipinski definition) is 6. The fourth-order valence-corrected chi connectivity index (χ4v) is 5.00. The maximum absolute atomic E-state index is 9.86. The summed E-state index contributed by atoms with van der Waals surface area (Å²) in [6.45, 7) is 3.87. The first kappa shape index (κ1) is 21.9. The highest BCUT2D eigenvalue weighted by atomic mass is 35.5. The lowest BCUT2D eigenvalue weighted by atomic mass is 9.99. The van der Waals surface area contributed by atoms with Gasteiger partial charge in [-0.15, -0.1) is 11.8 Å². The van der Waals surface area contributed by atoms with Gasteiger partial charge in [0.15, 0.2) is 11.6 Å². The van der Waals surface area contributed by atoms with Crippen LogP contribution in [0.25, 0.3) is 11.4 Å². The SMILES string of the molecule is Cc1ccccc1-c1nc2c(c(SCc3ccc(Cl)cc3)n1)Cc1c(CO)cnc(C)c1O2. The van der Waals surface area contributed by atoms with E-state index >= 15 is 0 Å². The van der Waals surface area contributed by atoms with Gasteiger partial charge in [-0.1, -0.05) is 48.0 Å². The third-order valence-electron chi connectivity index (χ3n) is 5.73. The van der Waals surface area contributed by atoms with Crippen LogP contribution in [-0.4, -0.2) is 20.1 Å². The van der Waals surface area contributed by atoms with E-state index in [1.165, 1.54) is 0 Å². The molecule has 0 aliphatic carbocycles. The van der Waals surface area contributed by atoms with Crippen molar-refractivity contribution in [3.05, 3.63) is 93.3 Å². The Hall–Kier alpha value is -2.93. The van der Waals surface area contributed by atoms with Gasteiger partial charge in [0, 0.05) is 40.1 Å². The van der Waals surface area contributed by atoms with Gasteiger partial charge in [0.1, 0.15) is 5.03 Å². The summed E-state index contributed by atoms with van der Waals surface area (Å²) >= 11 is 7.70. The van der Waals surface area contributed by atoms with Gasteiger partial charge in [0.05, 0.1) is 17.9 Å². The zero-order valence-electron chi connectivity index (χ0n) is 18.3. The number of benzene rings is 2. The summed E-state index contributed by atoms with van der Waals surface area (Å²) in [5.41, 5.74) is 6.64. The van der Waals surface area contributed by atoms with Gasteiger partial charge >= 0.3 is 0 Å². The van der Waals surface area contributed by atoms with Crippen molar-refractivity contribution in [1.29, 1.82) is 0 Å². The van der Waals surface area contributed by atoms with Crippen LogP contribution in [0, 0.1) is 13.8 Å². The molecular weight excluding hydrogens is 454 g/mol. The lowest BCUT2D eigenvalue weighted by molar-refractivity contribution is 0.278. The van der Waals surface area contributed by atoms with Gasteiger partial charge in [0.25, 0.3) is 0 Å². The number of aliphatic hydroxyl groups is 1. The van der Waals surface area contributed by atoms with Gasteiger partial charge in [-0.2, -0.15) is 4.98 Å². The Balaban J connectivity index is 1.60. The molecule has 0 bridgehead atoms. The van der Waals surface area contributed by atoms with Crippen molar-refractivity contribution >= 4 is 23.4 Å². The molecule has 1 N–H and O–H groups in total. The third-order valence-corrected chi connectivity index (χ3v) is 7.07. The number of aromatic nitrogens is 3. The minimum Gasteiger partial charge on any atom is -0.436 e. The van der Waals surface area contributed by atoms with Crippen molar-refractivity contribution in [3.63, 3.8) is 0 Å². The molecule has 33 heavy (non-hydrogen) atoms. The highest BCUT2D eigenvalue weighted by molar-refractivity contribution is 7.98. The molecule has 5 nitrogen and oxygen atoms in total.